The quantitative estimate of drug-likeness (QED) is 0.546. The second kappa shape index (κ2) is 7.77. The monoisotopic (exact) mass is 348 g/mol. The maximum atomic E-state index is 10.9. The molecule has 0 aliphatic heterocycles. The van der Waals surface area contributed by atoms with Gasteiger partial charge in [-0.3, -0.25) is 4.79 Å². The molecular weight excluding hydrogens is 332 g/mol. The number of aliphatic hydroxyl groups is 1. The summed E-state index contributed by atoms with van der Waals surface area (Å²) in [5.74, 6) is -0.429. The topological polar surface area (TPSA) is 66.8 Å². The van der Waals surface area contributed by atoms with E-state index in [-0.39, 0.29) is 30.0 Å². The molecule has 4 nitrogen and oxygen atoms in total. The first-order chi connectivity index (χ1) is 8.95. The van der Waals surface area contributed by atoms with Crippen molar-refractivity contribution in [2.24, 2.45) is 5.92 Å². The summed E-state index contributed by atoms with van der Waals surface area (Å²) in [4.78, 5) is 10.9. The summed E-state index contributed by atoms with van der Waals surface area (Å²) in [5, 5.41) is 19.9. The van der Waals surface area contributed by atoms with Crippen LogP contribution in [0.25, 0.3) is 0 Å². The maximum Gasteiger partial charge on any atom is 0.315 e. The Balaban J connectivity index is 2.58. The Labute approximate surface area is 126 Å². The Morgan fingerprint density at radius 1 is 1.53 bits per heavy atom. The summed E-state index contributed by atoms with van der Waals surface area (Å²) in [5.41, 5.74) is 0.461. The zero-order valence-corrected chi connectivity index (χ0v) is 13.0. The minimum absolute atomic E-state index is 0.0450. The Bertz CT molecular complexity index is 439. The molecule has 0 aliphatic rings. The number of rotatable bonds is 6. The third-order valence-corrected chi connectivity index (χ3v) is 3.56. The number of aromatic hydroxyl groups is 1. The number of thiol groups is 1. The molecule has 0 saturated carbocycles. The number of halogens is 1. The van der Waals surface area contributed by atoms with Crippen LogP contribution in [0.15, 0.2) is 22.7 Å². The van der Waals surface area contributed by atoms with Gasteiger partial charge in [-0.05, 0) is 30.5 Å². The van der Waals surface area contributed by atoms with E-state index in [4.69, 9.17) is 4.74 Å². The number of aliphatic hydroxyl groups excluding tert-OH is 1. The molecule has 2 atom stereocenters. The molecule has 0 saturated heterocycles. The van der Waals surface area contributed by atoms with Gasteiger partial charge in [0.2, 0.25) is 0 Å². The fourth-order valence-corrected chi connectivity index (χ4v) is 2.10. The number of hydrogen-bond acceptors (Lipinski definition) is 5. The van der Waals surface area contributed by atoms with Gasteiger partial charge in [-0.15, -0.1) is 0 Å². The van der Waals surface area contributed by atoms with Crippen molar-refractivity contribution in [1.29, 1.82) is 0 Å². The lowest BCUT2D eigenvalue weighted by Crippen LogP contribution is -2.14. The molecule has 0 spiro atoms. The molecule has 0 bridgehead atoms. The van der Waals surface area contributed by atoms with Crippen LogP contribution in [0.1, 0.15) is 25.0 Å². The summed E-state index contributed by atoms with van der Waals surface area (Å²) < 4.78 is 5.69. The maximum absolute atomic E-state index is 10.9. The van der Waals surface area contributed by atoms with Gasteiger partial charge in [0.25, 0.3) is 0 Å². The number of carbonyl (C=O) groups excluding carboxylic acids is 1. The predicted molar refractivity (Wildman–Crippen MR) is 79.4 cm³/mol. The molecule has 1 rings (SSSR count). The summed E-state index contributed by atoms with van der Waals surface area (Å²) in [6.07, 6.45) is -0.306. The minimum Gasteiger partial charge on any atom is -0.508 e. The molecule has 0 fully saturated rings. The fraction of sp³-hybridized carbons (Fsp3) is 0.462. The Morgan fingerprint density at radius 3 is 2.84 bits per heavy atom. The highest BCUT2D eigenvalue weighted by atomic mass is 79.9. The highest BCUT2D eigenvalue weighted by Gasteiger charge is 2.20. The molecule has 0 aromatic heterocycles. The number of phenols is 1. The van der Waals surface area contributed by atoms with E-state index in [1.807, 2.05) is 6.92 Å². The largest absolute Gasteiger partial charge is 0.508 e. The summed E-state index contributed by atoms with van der Waals surface area (Å²) >= 11 is 7.10. The first kappa shape index (κ1) is 16.3. The van der Waals surface area contributed by atoms with Gasteiger partial charge in [-0.2, -0.15) is 12.6 Å². The van der Waals surface area contributed by atoms with Gasteiger partial charge in [0.15, 0.2) is 0 Å². The number of esters is 1. The van der Waals surface area contributed by atoms with E-state index in [1.54, 1.807) is 12.1 Å². The first-order valence-corrected chi connectivity index (χ1v) is 7.31. The van der Waals surface area contributed by atoms with E-state index >= 15 is 0 Å². The number of ether oxygens (including phenoxy) is 1. The standard InChI is InChI=1S/C13H17BrO4S/c1-8(4-5-18-12(16)7-19)13(17)10-6-9(14)2-3-11(10)15/h2-3,6,8,13,15,17,19H,4-5,7H2,1H3/t8-,13+/m1/s1. The van der Waals surface area contributed by atoms with Crippen molar-refractivity contribution in [1.82, 2.24) is 0 Å². The molecule has 19 heavy (non-hydrogen) atoms. The first-order valence-electron chi connectivity index (χ1n) is 5.88. The van der Waals surface area contributed by atoms with Crippen molar-refractivity contribution in [3.05, 3.63) is 28.2 Å². The summed E-state index contributed by atoms with van der Waals surface area (Å²) in [6, 6.07) is 4.90. The van der Waals surface area contributed by atoms with Crippen molar-refractivity contribution < 1.29 is 19.7 Å². The highest BCUT2D eigenvalue weighted by Crippen LogP contribution is 2.32. The van der Waals surface area contributed by atoms with Crippen LogP contribution in [-0.4, -0.2) is 28.5 Å². The molecule has 1 aromatic carbocycles. The predicted octanol–water partition coefficient (Wildman–Crippen LogP) is 2.69. The van der Waals surface area contributed by atoms with Crippen molar-refractivity contribution in [2.75, 3.05) is 12.4 Å². The van der Waals surface area contributed by atoms with Crippen molar-refractivity contribution >= 4 is 34.5 Å². The Hall–Kier alpha value is -0.720. The van der Waals surface area contributed by atoms with Crippen LogP contribution < -0.4 is 0 Å². The number of phenolic OH excluding ortho intramolecular Hbond substituents is 1. The third kappa shape index (κ3) is 5.04. The lowest BCUT2D eigenvalue weighted by Gasteiger charge is -2.20. The van der Waals surface area contributed by atoms with Crippen molar-refractivity contribution in [3.8, 4) is 5.75 Å². The van der Waals surface area contributed by atoms with E-state index in [9.17, 15) is 15.0 Å². The van der Waals surface area contributed by atoms with E-state index < -0.39 is 6.10 Å². The van der Waals surface area contributed by atoms with Crippen LogP contribution in [-0.2, 0) is 9.53 Å². The zero-order valence-electron chi connectivity index (χ0n) is 10.5. The normalized spacial score (nSPS) is 13.9. The lowest BCUT2D eigenvalue weighted by atomic mass is 9.94. The van der Waals surface area contributed by atoms with Gasteiger partial charge in [0, 0.05) is 10.0 Å². The van der Waals surface area contributed by atoms with Gasteiger partial charge in [-0.1, -0.05) is 22.9 Å². The van der Waals surface area contributed by atoms with Crippen molar-refractivity contribution in [3.63, 3.8) is 0 Å². The van der Waals surface area contributed by atoms with E-state index in [0.717, 1.165) is 4.47 Å². The average Bonchev–Trinajstić information content (AvgIpc) is 2.40. The Morgan fingerprint density at radius 2 is 2.21 bits per heavy atom. The second-order valence-electron chi connectivity index (χ2n) is 4.29. The zero-order chi connectivity index (χ0) is 14.4. The van der Waals surface area contributed by atoms with Crippen LogP contribution in [0.3, 0.4) is 0 Å². The number of hydrogen-bond donors (Lipinski definition) is 3. The molecule has 2 N–H and O–H groups in total. The molecule has 0 heterocycles. The van der Waals surface area contributed by atoms with Gasteiger partial charge in [0.1, 0.15) is 5.75 Å². The highest BCUT2D eigenvalue weighted by molar-refractivity contribution is 9.10. The van der Waals surface area contributed by atoms with Gasteiger partial charge >= 0.3 is 5.97 Å². The van der Waals surface area contributed by atoms with E-state index in [2.05, 4.69) is 28.6 Å². The Kier molecular flexibility index (Phi) is 6.68. The lowest BCUT2D eigenvalue weighted by molar-refractivity contribution is -0.141. The molecule has 0 unspecified atom stereocenters. The average molecular weight is 349 g/mol. The fourth-order valence-electron chi connectivity index (χ4n) is 1.63. The van der Waals surface area contributed by atoms with Gasteiger partial charge < -0.3 is 14.9 Å². The minimum atomic E-state index is -0.813. The molecular formula is C13H17BrO4S. The van der Waals surface area contributed by atoms with Crippen molar-refractivity contribution in [2.45, 2.75) is 19.4 Å². The number of benzene rings is 1. The van der Waals surface area contributed by atoms with Gasteiger partial charge in [0.05, 0.1) is 18.5 Å². The van der Waals surface area contributed by atoms with Crippen LogP contribution in [0, 0.1) is 5.92 Å². The van der Waals surface area contributed by atoms with E-state index in [1.165, 1.54) is 6.07 Å². The smallest absolute Gasteiger partial charge is 0.315 e. The van der Waals surface area contributed by atoms with Crippen LogP contribution in [0.4, 0.5) is 0 Å². The van der Waals surface area contributed by atoms with Crippen LogP contribution in [0.5, 0.6) is 5.75 Å². The molecule has 0 radical (unpaired) electrons. The molecule has 6 heteroatoms. The summed E-state index contributed by atoms with van der Waals surface area (Å²) in [6.45, 7) is 2.06. The van der Waals surface area contributed by atoms with Crippen LogP contribution >= 0.6 is 28.6 Å². The van der Waals surface area contributed by atoms with Gasteiger partial charge in [-0.25, -0.2) is 0 Å². The molecule has 106 valence electrons. The molecule has 0 amide bonds. The molecule has 0 aliphatic carbocycles. The second-order valence-corrected chi connectivity index (χ2v) is 5.52. The van der Waals surface area contributed by atoms with E-state index in [0.29, 0.717) is 12.0 Å². The SMILES string of the molecule is C[C@H](CCOC(=O)CS)[C@H](O)c1cc(Br)ccc1O. The van der Waals surface area contributed by atoms with Crippen LogP contribution in [0.2, 0.25) is 0 Å². The molecule has 1 aromatic rings. The number of carbonyl (C=O) groups is 1. The third-order valence-electron chi connectivity index (χ3n) is 2.81. The summed E-state index contributed by atoms with van der Waals surface area (Å²) in [7, 11) is 0.